The summed E-state index contributed by atoms with van der Waals surface area (Å²) in [4.78, 5) is 0.293. The molecule has 0 saturated heterocycles. The predicted molar refractivity (Wildman–Crippen MR) is 119 cm³/mol. The minimum absolute atomic E-state index is 0.0221. The molecule has 29 heavy (non-hydrogen) atoms. The Bertz CT molecular complexity index is 975. The van der Waals surface area contributed by atoms with Gasteiger partial charge in [0.15, 0.2) is 0 Å². The molecule has 0 bridgehead atoms. The smallest absolute Gasteiger partial charge is 0.207 e. The van der Waals surface area contributed by atoms with Gasteiger partial charge >= 0.3 is 0 Å². The molecule has 4 nitrogen and oxygen atoms in total. The van der Waals surface area contributed by atoms with E-state index in [0.717, 1.165) is 16.7 Å². The van der Waals surface area contributed by atoms with E-state index in [9.17, 15) is 13.7 Å². The fourth-order valence-corrected chi connectivity index (χ4v) is 5.19. The fraction of sp³-hybridized carbons (Fsp3) is 0.435. The maximum atomic E-state index is 13.5. The highest BCUT2D eigenvalue weighted by Gasteiger charge is 2.29. The van der Waals surface area contributed by atoms with Crippen molar-refractivity contribution in [3.05, 3.63) is 63.7 Å². The van der Waals surface area contributed by atoms with Gasteiger partial charge in [0.2, 0.25) is 10.0 Å². The first-order chi connectivity index (χ1) is 13.5. The van der Waals surface area contributed by atoms with Crippen LogP contribution in [0.15, 0.2) is 41.3 Å². The van der Waals surface area contributed by atoms with Crippen molar-refractivity contribution in [2.75, 3.05) is 0 Å². The van der Waals surface area contributed by atoms with Gasteiger partial charge in [0.05, 0.1) is 11.0 Å². The SMILES string of the molecule is CC(C)c1cc(C(C)C)c(S(=O)(=O)NC(C#N)c2ccc(Cl)cc2)c(C(C)C)c1. The van der Waals surface area contributed by atoms with Gasteiger partial charge in [-0.05, 0) is 52.1 Å². The molecule has 1 atom stereocenters. The molecule has 0 radical (unpaired) electrons. The van der Waals surface area contributed by atoms with Crippen LogP contribution in [0.1, 0.15) is 87.6 Å². The second kappa shape index (κ2) is 9.30. The maximum Gasteiger partial charge on any atom is 0.242 e. The minimum Gasteiger partial charge on any atom is -0.207 e. The lowest BCUT2D eigenvalue weighted by atomic mass is 9.89. The van der Waals surface area contributed by atoms with Gasteiger partial charge < -0.3 is 0 Å². The molecule has 0 fully saturated rings. The molecule has 1 N–H and O–H groups in total. The summed E-state index contributed by atoms with van der Waals surface area (Å²) in [5.41, 5.74) is 3.22. The minimum atomic E-state index is -3.93. The number of benzene rings is 2. The summed E-state index contributed by atoms with van der Waals surface area (Å²) in [5, 5.41) is 10.2. The second-order valence-corrected chi connectivity index (χ2v) is 10.3. The molecule has 2 rings (SSSR count). The summed E-state index contributed by atoms with van der Waals surface area (Å²) < 4.78 is 29.6. The third-order valence-corrected chi connectivity index (χ3v) is 6.76. The number of rotatable bonds is 7. The quantitative estimate of drug-likeness (QED) is 0.561. The average Bonchev–Trinajstić information content (AvgIpc) is 2.65. The van der Waals surface area contributed by atoms with E-state index in [4.69, 9.17) is 11.6 Å². The van der Waals surface area contributed by atoms with Crippen molar-refractivity contribution >= 4 is 21.6 Å². The summed E-state index contributed by atoms with van der Waals surface area (Å²) in [6.45, 7) is 12.2. The second-order valence-electron chi connectivity index (χ2n) is 8.23. The van der Waals surface area contributed by atoms with E-state index in [1.165, 1.54) is 0 Å². The van der Waals surface area contributed by atoms with Crippen molar-refractivity contribution in [2.24, 2.45) is 0 Å². The molecule has 0 aliphatic carbocycles. The Labute approximate surface area is 180 Å². The fourth-order valence-electron chi connectivity index (χ4n) is 3.24. The largest absolute Gasteiger partial charge is 0.242 e. The van der Waals surface area contributed by atoms with Gasteiger partial charge in [-0.25, -0.2) is 8.42 Å². The first kappa shape index (κ1) is 23.4. The van der Waals surface area contributed by atoms with Crippen LogP contribution < -0.4 is 4.72 Å². The van der Waals surface area contributed by atoms with E-state index in [0.29, 0.717) is 15.5 Å². The molecule has 156 valence electrons. The van der Waals surface area contributed by atoms with Crippen molar-refractivity contribution < 1.29 is 8.42 Å². The molecule has 0 aromatic heterocycles. The van der Waals surface area contributed by atoms with Crippen LogP contribution in [0.3, 0.4) is 0 Å². The van der Waals surface area contributed by atoms with Crippen LogP contribution in [0.25, 0.3) is 0 Å². The molecule has 0 aliphatic rings. The Balaban J connectivity index is 2.63. The average molecular weight is 433 g/mol. The number of halogens is 1. The molecular formula is C23H29ClN2O2S. The van der Waals surface area contributed by atoms with Crippen LogP contribution in [-0.2, 0) is 10.0 Å². The number of nitriles is 1. The number of sulfonamides is 1. The van der Waals surface area contributed by atoms with E-state index < -0.39 is 16.1 Å². The van der Waals surface area contributed by atoms with Crippen molar-refractivity contribution in [2.45, 2.75) is 70.2 Å². The predicted octanol–water partition coefficient (Wildman–Crippen LogP) is 6.25. The number of nitrogens with one attached hydrogen (secondary N) is 1. The van der Waals surface area contributed by atoms with Gasteiger partial charge in [-0.3, -0.25) is 0 Å². The van der Waals surface area contributed by atoms with Crippen LogP contribution in [0.4, 0.5) is 0 Å². The third kappa shape index (κ3) is 5.39. The summed E-state index contributed by atoms with van der Waals surface area (Å²) in [6, 6.07) is 11.6. The first-order valence-corrected chi connectivity index (χ1v) is 11.7. The van der Waals surface area contributed by atoms with Gasteiger partial charge in [-0.15, -0.1) is 0 Å². The third-order valence-electron chi connectivity index (χ3n) is 4.95. The number of hydrogen-bond acceptors (Lipinski definition) is 3. The van der Waals surface area contributed by atoms with E-state index in [-0.39, 0.29) is 17.8 Å². The summed E-state index contributed by atoms with van der Waals surface area (Å²) in [6.07, 6.45) is 0. The van der Waals surface area contributed by atoms with Crippen LogP contribution in [0.2, 0.25) is 5.02 Å². The van der Waals surface area contributed by atoms with Crippen molar-refractivity contribution in [1.82, 2.24) is 4.72 Å². The summed E-state index contributed by atoms with van der Waals surface area (Å²) >= 11 is 5.92. The zero-order valence-corrected chi connectivity index (χ0v) is 19.4. The molecule has 0 saturated carbocycles. The molecule has 0 aliphatic heterocycles. The highest BCUT2D eigenvalue weighted by molar-refractivity contribution is 7.89. The van der Waals surface area contributed by atoms with Gasteiger partial charge in [0.1, 0.15) is 6.04 Å². The maximum absolute atomic E-state index is 13.5. The summed E-state index contributed by atoms with van der Waals surface area (Å²) in [5.74, 6) is 0.332. The van der Waals surface area contributed by atoms with Crippen molar-refractivity contribution in [1.29, 1.82) is 5.26 Å². The van der Waals surface area contributed by atoms with Crippen molar-refractivity contribution in [3.8, 4) is 6.07 Å². The van der Waals surface area contributed by atoms with E-state index in [2.05, 4.69) is 24.6 Å². The highest BCUT2D eigenvalue weighted by atomic mass is 35.5. The molecule has 6 heteroatoms. The molecule has 2 aromatic rings. The van der Waals surface area contributed by atoms with Gasteiger partial charge in [-0.1, -0.05) is 77.4 Å². The van der Waals surface area contributed by atoms with E-state index >= 15 is 0 Å². The zero-order valence-electron chi connectivity index (χ0n) is 17.8. The monoisotopic (exact) mass is 432 g/mol. The lowest BCUT2D eigenvalue weighted by molar-refractivity contribution is 0.570. The highest BCUT2D eigenvalue weighted by Crippen LogP contribution is 2.35. The Hall–Kier alpha value is -1.87. The normalized spacial score (nSPS) is 13.1. The Morgan fingerprint density at radius 2 is 1.34 bits per heavy atom. The lowest BCUT2D eigenvalue weighted by Crippen LogP contribution is -2.30. The van der Waals surface area contributed by atoms with Crippen LogP contribution >= 0.6 is 11.6 Å². The van der Waals surface area contributed by atoms with Gasteiger partial charge in [0, 0.05) is 5.02 Å². The van der Waals surface area contributed by atoms with E-state index in [1.54, 1.807) is 24.3 Å². The van der Waals surface area contributed by atoms with Crippen LogP contribution in [0.5, 0.6) is 0 Å². The Morgan fingerprint density at radius 3 is 1.72 bits per heavy atom. The molecule has 1 unspecified atom stereocenters. The van der Waals surface area contributed by atoms with Crippen molar-refractivity contribution in [3.63, 3.8) is 0 Å². The Morgan fingerprint density at radius 1 is 0.862 bits per heavy atom. The van der Waals surface area contributed by atoms with Gasteiger partial charge in [0.25, 0.3) is 0 Å². The number of nitrogens with zero attached hydrogens (tertiary/aromatic N) is 1. The van der Waals surface area contributed by atoms with Crippen LogP contribution in [0, 0.1) is 11.3 Å². The topological polar surface area (TPSA) is 70.0 Å². The molecular weight excluding hydrogens is 404 g/mol. The molecule has 0 amide bonds. The molecule has 0 spiro atoms. The number of hydrogen-bond donors (Lipinski definition) is 1. The Kier molecular flexibility index (Phi) is 7.50. The zero-order chi connectivity index (χ0) is 21.9. The first-order valence-electron chi connectivity index (χ1n) is 9.83. The van der Waals surface area contributed by atoms with Gasteiger partial charge in [-0.2, -0.15) is 9.98 Å². The lowest BCUT2D eigenvalue weighted by Gasteiger charge is -2.24. The summed E-state index contributed by atoms with van der Waals surface area (Å²) in [7, 11) is -3.93. The molecule has 2 aromatic carbocycles. The standard InChI is InChI=1S/C23H29ClN2O2S/c1-14(2)18-11-20(15(3)4)23(21(12-18)16(5)6)29(27,28)26-22(13-25)17-7-9-19(24)10-8-17/h7-12,14-16,22,26H,1-6H3. The molecule has 0 heterocycles. The van der Waals surface area contributed by atoms with E-state index in [1.807, 2.05) is 39.8 Å². The van der Waals surface area contributed by atoms with Crippen LogP contribution in [-0.4, -0.2) is 8.42 Å².